The zero-order valence-electron chi connectivity index (χ0n) is 27.2. The molecule has 0 radical (unpaired) electrons. The van der Waals surface area contributed by atoms with Gasteiger partial charge in [-0.2, -0.15) is 0 Å². The minimum atomic E-state index is 0.332. The van der Waals surface area contributed by atoms with Crippen LogP contribution in [-0.4, -0.2) is 19.3 Å². The molecule has 13 fully saturated rings. The van der Waals surface area contributed by atoms with Gasteiger partial charge in [-0.1, -0.05) is 0 Å². The van der Waals surface area contributed by atoms with Crippen LogP contribution in [0.25, 0.3) is 0 Å². The monoisotopic (exact) mass is 580 g/mol. The lowest BCUT2D eigenvalue weighted by Crippen LogP contribution is -2.53. The van der Waals surface area contributed by atoms with Crippen LogP contribution in [0.3, 0.4) is 0 Å². The van der Waals surface area contributed by atoms with E-state index < -0.39 is 0 Å². The second kappa shape index (κ2) is 8.66. The number of rotatable bonds is 6. The highest BCUT2D eigenvalue weighted by molar-refractivity contribution is 5.64. The molecule has 1 aromatic rings. The number of hydrogen-bond acceptors (Lipinski definition) is 2. The standard InChI is InChI=1S/C41H56O2/c1-23-24(2)36(40-15-28-6-29(16-40)8-30(7-28)17-40)38(43-22-34-21-42-34)37(41-18-31-9-32(19-41)11-33(10-31)20-41)35(23)39-12-25-3-26(13-39)5-27(4-25)14-39/h25-34H,3-22H2,1-2H3. The fourth-order valence-corrected chi connectivity index (χ4v) is 16.5. The van der Waals surface area contributed by atoms with Crippen molar-refractivity contribution in [2.24, 2.45) is 53.3 Å². The second-order valence-electron chi connectivity index (χ2n) is 19.6. The van der Waals surface area contributed by atoms with Crippen LogP contribution in [0, 0.1) is 67.1 Å². The van der Waals surface area contributed by atoms with Gasteiger partial charge >= 0.3 is 0 Å². The minimum absolute atomic E-state index is 0.332. The van der Waals surface area contributed by atoms with Crippen molar-refractivity contribution in [2.75, 3.05) is 13.2 Å². The summed E-state index contributed by atoms with van der Waals surface area (Å²) in [4.78, 5) is 0. The summed E-state index contributed by atoms with van der Waals surface area (Å²) in [6.07, 6.45) is 27.3. The molecule has 1 atom stereocenters. The van der Waals surface area contributed by atoms with Crippen molar-refractivity contribution in [3.63, 3.8) is 0 Å². The highest BCUT2D eigenvalue weighted by Crippen LogP contribution is 2.70. The highest BCUT2D eigenvalue weighted by atomic mass is 16.6. The molecule has 2 heteroatoms. The third kappa shape index (κ3) is 3.69. The van der Waals surface area contributed by atoms with Crippen LogP contribution >= 0.6 is 0 Å². The molecule has 0 aromatic heterocycles. The Morgan fingerprint density at radius 1 is 0.488 bits per heavy atom. The number of hydrogen-bond donors (Lipinski definition) is 0. The Labute approximate surface area is 260 Å². The SMILES string of the molecule is Cc1c(C)c(C23CC4CC(CC(C4)C2)C3)c(C23CC4CC(CC(C4)C2)C3)c(OCC2CO2)c1C12CC3CC(CC(C3)C1)C2. The fraction of sp³-hybridized carbons (Fsp3) is 0.854. The Morgan fingerprint density at radius 3 is 1.14 bits per heavy atom. The van der Waals surface area contributed by atoms with Crippen LogP contribution in [0.5, 0.6) is 5.75 Å². The molecule has 1 saturated heterocycles. The molecule has 0 amide bonds. The molecule has 12 saturated carbocycles. The second-order valence-corrected chi connectivity index (χ2v) is 19.6. The first-order valence-electron chi connectivity index (χ1n) is 19.3. The summed E-state index contributed by atoms with van der Waals surface area (Å²) >= 11 is 0. The lowest BCUT2D eigenvalue weighted by molar-refractivity contribution is -0.0204. The van der Waals surface area contributed by atoms with Crippen LogP contribution in [0.2, 0.25) is 0 Å². The van der Waals surface area contributed by atoms with E-state index in [2.05, 4.69) is 13.8 Å². The van der Waals surface area contributed by atoms with Gasteiger partial charge in [0.2, 0.25) is 0 Å². The zero-order valence-corrected chi connectivity index (χ0v) is 27.2. The van der Waals surface area contributed by atoms with Gasteiger partial charge in [0.25, 0.3) is 0 Å². The van der Waals surface area contributed by atoms with Gasteiger partial charge in [-0.3, -0.25) is 0 Å². The van der Waals surface area contributed by atoms with Crippen LogP contribution < -0.4 is 4.74 Å². The molecule has 0 N–H and O–H groups in total. The molecule has 12 aliphatic carbocycles. The first kappa shape index (κ1) is 26.1. The molecule has 43 heavy (non-hydrogen) atoms. The van der Waals surface area contributed by atoms with Crippen molar-refractivity contribution >= 4 is 0 Å². The van der Waals surface area contributed by atoms with E-state index in [4.69, 9.17) is 9.47 Å². The van der Waals surface area contributed by atoms with Crippen molar-refractivity contribution in [3.05, 3.63) is 27.8 Å². The van der Waals surface area contributed by atoms with Gasteiger partial charge in [0.05, 0.1) is 6.61 Å². The van der Waals surface area contributed by atoms with E-state index in [9.17, 15) is 0 Å². The predicted molar refractivity (Wildman–Crippen MR) is 171 cm³/mol. The first-order valence-corrected chi connectivity index (χ1v) is 19.3. The summed E-state index contributed by atoms with van der Waals surface area (Å²) in [5.41, 5.74) is 10.2. The smallest absolute Gasteiger partial charge is 0.127 e. The summed E-state index contributed by atoms with van der Waals surface area (Å²) in [5, 5.41) is 0. The van der Waals surface area contributed by atoms with E-state index in [0.29, 0.717) is 22.3 Å². The van der Waals surface area contributed by atoms with Crippen molar-refractivity contribution in [3.8, 4) is 5.75 Å². The molecule has 2 nitrogen and oxygen atoms in total. The van der Waals surface area contributed by atoms with E-state index in [-0.39, 0.29) is 0 Å². The number of epoxide rings is 1. The first-order chi connectivity index (χ1) is 20.9. The molecule has 1 unspecified atom stereocenters. The van der Waals surface area contributed by atoms with Gasteiger partial charge in [0.1, 0.15) is 18.5 Å². The molecule has 1 heterocycles. The summed E-state index contributed by atoms with van der Waals surface area (Å²) in [6.45, 7) is 6.94. The maximum atomic E-state index is 7.49. The molecule has 14 rings (SSSR count). The Balaban J connectivity index is 1.18. The normalized spacial score (nSPS) is 52.8. The van der Waals surface area contributed by atoms with E-state index in [1.165, 1.54) is 121 Å². The third-order valence-electron chi connectivity index (χ3n) is 16.5. The van der Waals surface area contributed by atoms with Crippen LogP contribution in [-0.2, 0) is 21.0 Å². The molecule has 1 aromatic carbocycles. The Morgan fingerprint density at radius 2 is 0.791 bits per heavy atom. The predicted octanol–water partition coefficient (Wildman–Crippen LogP) is 9.48. The molecule has 13 aliphatic rings. The summed E-state index contributed by atoms with van der Waals surface area (Å²) in [6, 6.07) is 0. The van der Waals surface area contributed by atoms with Gasteiger partial charge in [0.15, 0.2) is 0 Å². The van der Waals surface area contributed by atoms with Crippen LogP contribution in [0.1, 0.15) is 143 Å². The number of ether oxygens (including phenoxy) is 2. The van der Waals surface area contributed by atoms with Crippen LogP contribution in [0.15, 0.2) is 0 Å². The van der Waals surface area contributed by atoms with E-state index in [0.717, 1.165) is 66.5 Å². The fourth-order valence-electron chi connectivity index (χ4n) is 16.5. The maximum absolute atomic E-state index is 7.49. The average molecular weight is 581 g/mol. The Hall–Kier alpha value is -1.02. The van der Waals surface area contributed by atoms with Crippen LogP contribution in [0.4, 0.5) is 0 Å². The van der Waals surface area contributed by atoms with Gasteiger partial charge < -0.3 is 9.47 Å². The molecule has 1 aliphatic heterocycles. The molecular weight excluding hydrogens is 524 g/mol. The van der Waals surface area contributed by atoms with Crippen molar-refractivity contribution in [2.45, 2.75) is 152 Å². The Bertz CT molecular complexity index is 1260. The lowest BCUT2D eigenvalue weighted by atomic mass is 9.42. The van der Waals surface area contributed by atoms with E-state index in [1.807, 2.05) is 11.1 Å². The molecular formula is C41H56O2. The summed E-state index contributed by atoms with van der Waals surface area (Å²) in [5.74, 6) is 10.3. The van der Waals surface area contributed by atoms with Gasteiger partial charge in [-0.15, -0.1) is 0 Å². The molecule has 232 valence electrons. The number of benzene rings is 1. The van der Waals surface area contributed by atoms with Crippen molar-refractivity contribution < 1.29 is 9.47 Å². The molecule has 0 spiro atoms. The largest absolute Gasteiger partial charge is 0.490 e. The maximum Gasteiger partial charge on any atom is 0.127 e. The van der Waals surface area contributed by atoms with E-state index in [1.54, 1.807) is 16.7 Å². The van der Waals surface area contributed by atoms with Crippen molar-refractivity contribution in [1.29, 1.82) is 0 Å². The van der Waals surface area contributed by atoms with Gasteiger partial charge in [-0.05, 0) is 205 Å². The van der Waals surface area contributed by atoms with Gasteiger partial charge in [0, 0.05) is 22.0 Å². The lowest BCUT2D eigenvalue weighted by Gasteiger charge is -2.62. The highest BCUT2D eigenvalue weighted by Gasteiger charge is 2.60. The molecule has 12 bridgehead atoms. The van der Waals surface area contributed by atoms with Gasteiger partial charge in [-0.25, -0.2) is 0 Å². The topological polar surface area (TPSA) is 21.8 Å². The minimum Gasteiger partial charge on any atom is -0.490 e. The summed E-state index contributed by atoms with van der Waals surface area (Å²) < 4.78 is 13.4. The Kier molecular flexibility index (Phi) is 5.25. The average Bonchev–Trinajstić information content (AvgIpc) is 3.75. The van der Waals surface area contributed by atoms with E-state index >= 15 is 0 Å². The van der Waals surface area contributed by atoms with Crippen molar-refractivity contribution in [1.82, 2.24) is 0 Å². The summed E-state index contributed by atoms with van der Waals surface area (Å²) in [7, 11) is 0. The zero-order chi connectivity index (χ0) is 28.3. The third-order valence-corrected chi connectivity index (χ3v) is 16.5. The quantitative estimate of drug-likeness (QED) is 0.313.